The van der Waals surface area contributed by atoms with E-state index in [1.165, 1.54) is 12.1 Å². The molecule has 3 unspecified atom stereocenters. The molecule has 0 saturated carbocycles. The third-order valence-corrected chi connectivity index (χ3v) is 7.51. The number of carbonyl (C=O) groups is 3. The highest BCUT2D eigenvalue weighted by atomic mass is 31.2. The Balaban J connectivity index is 2.23. The molecule has 38 heavy (non-hydrogen) atoms. The van der Waals surface area contributed by atoms with Gasteiger partial charge < -0.3 is 25.4 Å². The van der Waals surface area contributed by atoms with Crippen molar-refractivity contribution in [3.63, 3.8) is 0 Å². The highest BCUT2D eigenvalue weighted by Gasteiger charge is 2.41. The SMILES string of the molecule is Cc1c(NC(=O)CC(C)(C)C)cccc1C(OP(=O)(O)C(NC(=O)OCc1ccccc1)C(C)C)C(=O)O. The van der Waals surface area contributed by atoms with Gasteiger partial charge in [0.25, 0.3) is 0 Å². The molecule has 0 heterocycles. The van der Waals surface area contributed by atoms with Crippen molar-refractivity contribution in [2.24, 2.45) is 11.3 Å². The number of benzene rings is 2. The number of ether oxygens (including phenoxy) is 1. The highest BCUT2D eigenvalue weighted by molar-refractivity contribution is 7.53. The van der Waals surface area contributed by atoms with E-state index in [1.807, 2.05) is 26.8 Å². The Morgan fingerprint density at radius 3 is 2.21 bits per heavy atom. The summed E-state index contributed by atoms with van der Waals surface area (Å²) in [7, 11) is -4.75. The van der Waals surface area contributed by atoms with Crippen LogP contribution < -0.4 is 10.6 Å². The van der Waals surface area contributed by atoms with Gasteiger partial charge in [-0.15, -0.1) is 0 Å². The van der Waals surface area contributed by atoms with Crippen LogP contribution in [0.15, 0.2) is 48.5 Å². The molecule has 0 radical (unpaired) electrons. The molecule has 3 atom stereocenters. The number of carboxylic acids is 1. The maximum atomic E-state index is 13.3. The van der Waals surface area contributed by atoms with Crippen molar-refractivity contribution in [2.75, 3.05) is 5.32 Å². The molecule has 0 fully saturated rings. The van der Waals surface area contributed by atoms with E-state index in [9.17, 15) is 28.9 Å². The first-order chi connectivity index (χ1) is 17.6. The standard InChI is InChI=1S/C27H37N2O8P/c1-17(2)24(29-26(33)36-16-19-11-8-7-9-12-19)38(34,35)37-23(25(31)32)20-13-10-14-21(18(20)3)28-22(30)15-27(4,5)6/h7-14,17,23-24H,15-16H2,1-6H3,(H,28,30)(H,29,33)(H,31,32)(H,34,35). The van der Waals surface area contributed by atoms with Crippen LogP contribution in [0.4, 0.5) is 10.5 Å². The molecule has 2 aromatic rings. The van der Waals surface area contributed by atoms with Gasteiger partial charge in [-0.25, -0.2) is 9.59 Å². The lowest BCUT2D eigenvalue weighted by Gasteiger charge is -2.29. The van der Waals surface area contributed by atoms with E-state index < -0.39 is 37.5 Å². The fourth-order valence-corrected chi connectivity index (χ4v) is 5.37. The molecule has 2 amide bonds. The minimum atomic E-state index is -4.75. The van der Waals surface area contributed by atoms with Crippen LogP contribution in [0.1, 0.15) is 63.8 Å². The van der Waals surface area contributed by atoms with Gasteiger partial charge in [0, 0.05) is 12.1 Å². The van der Waals surface area contributed by atoms with Crippen molar-refractivity contribution in [3.05, 3.63) is 65.2 Å². The maximum absolute atomic E-state index is 13.3. The molecule has 208 valence electrons. The van der Waals surface area contributed by atoms with Crippen LogP contribution in [0.25, 0.3) is 0 Å². The lowest BCUT2D eigenvalue weighted by Crippen LogP contribution is -2.39. The summed E-state index contributed by atoms with van der Waals surface area (Å²) in [5.74, 6) is -3.80. The van der Waals surface area contributed by atoms with Crippen LogP contribution in [0.2, 0.25) is 0 Å². The van der Waals surface area contributed by atoms with Gasteiger partial charge in [0.2, 0.25) is 5.91 Å². The van der Waals surface area contributed by atoms with Gasteiger partial charge >= 0.3 is 19.7 Å². The Kier molecular flexibility index (Phi) is 10.6. The van der Waals surface area contributed by atoms with Crippen LogP contribution >= 0.6 is 7.60 Å². The van der Waals surface area contributed by atoms with Crippen molar-refractivity contribution in [3.8, 4) is 0 Å². The summed E-state index contributed by atoms with van der Waals surface area (Å²) >= 11 is 0. The monoisotopic (exact) mass is 548 g/mol. The predicted octanol–water partition coefficient (Wildman–Crippen LogP) is 5.61. The van der Waals surface area contributed by atoms with E-state index in [2.05, 4.69) is 10.6 Å². The largest absolute Gasteiger partial charge is 0.479 e. The number of nitrogens with one attached hydrogen (secondary N) is 2. The Morgan fingerprint density at radius 1 is 1.03 bits per heavy atom. The lowest BCUT2D eigenvalue weighted by atomic mass is 9.92. The van der Waals surface area contributed by atoms with E-state index in [1.54, 1.807) is 51.1 Å². The molecule has 11 heteroatoms. The molecule has 2 rings (SSSR count). The quantitative estimate of drug-likeness (QED) is 0.265. The molecule has 0 spiro atoms. The zero-order chi connectivity index (χ0) is 28.7. The van der Waals surface area contributed by atoms with Crippen molar-refractivity contribution in [1.29, 1.82) is 0 Å². The third kappa shape index (κ3) is 9.28. The molecule has 0 saturated heterocycles. The van der Waals surface area contributed by atoms with E-state index >= 15 is 0 Å². The van der Waals surface area contributed by atoms with Crippen molar-refractivity contribution in [1.82, 2.24) is 5.32 Å². The highest BCUT2D eigenvalue weighted by Crippen LogP contribution is 2.53. The minimum absolute atomic E-state index is 0.0568. The first-order valence-corrected chi connectivity index (χ1v) is 13.9. The van der Waals surface area contributed by atoms with Crippen molar-refractivity contribution < 1.29 is 38.2 Å². The minimum Gasteiger partial charge on any atom is -0.479 e. The summed E-state index contributed by atoms with van der Waals surface area (Å²) in [6, 6.07) is 13.5. The third-order valence-electron chi connectivity index (χ3n) is 5.57. The molecule has 10 nitrogen and oxygen atoms in total. The molecule has 0 bridgehead atoms. The van der Waals surface area contributed by atoms with Crippen molar-refractivity contribution in [2.45, 2.75) is 66.5 Å². The number of aliphatic carboxylic acids is 1. The smallest absolute Gasteiger partial charge is 0.408 e. The summed E-state index contributed by atoms with van der Waals surface area (Å²) in [6.07, 6.45) is -2.55. The van der Waals surface area contributed by atoms with Crippen LogP contribution in [-0.2, 0) is 30.0 Å². The van der Waals surface area contributed by atoms with Crippen LogP contribution in [0.3, 0.4) is 0 Å². The Hall–Kier alpha value is -3.20. The fraction of sp³-hybridized carbons (Fsp3) is 0.444. The van der Waals surface area contributed by atoms with Crippen LogP contribution in [-0.4, -0.2) is 33.8 Å². The average molecular weight is 549 g/mol. The topological polar surface area (TPSA) is 151 Å². The molecule has 2 aromatic carbocycles. The summed E-state index contributed by atoms with van der Waals surface area (Å²) in [5.41, 5.74) is 1.30. The van der Waals surface area contributed by atoms with Gasteiger partial charge in [-0.05, 0) is 41.0 Å². The van der Waals surface area contributed by atoms with E-state index in [0.717, 1.165) is 5.56 Å². The second-order valence-electron chi connectivity index (χ2n) is 10.6. The fourth-order valence-electron chi connectivity index (χ4n) is 3.71. The zero-order valence-corrected chi connectivity index (χ0v) is 23.5. The summed E-state index contributed by atoms with van der Waals surface area (Å²) in [6.45, 7) is 10.4. The average Bonchev–Trinajstić information content (AvgIpc) is 2.80. The predicted molar refractivity (Wildman–Crippen MR) is 144 cm³/mol. The number of alkyl carbamates (subject to hydrolysis) is 1. The van der Waals surface area contributed by atoms with Gasteiger partial charge in [0.1, 0.15) is 12.4 Å². The second kappa shape index (κ2) is 13.0. The summed E-state index contributed by atoms with van der Waals surface area (Å²) in [5, 5.41) is 15.0. The molecule has 0 aromatic heterocycles. The molecule has 0 aliphatic rings. The van der Waals surface area contributed by atoms with E-state index in [0.29, 0.717) is 11.3 Å². The van der Waals surface area contributed by atoms with Gasteiger partial charge in [-0.3, -0.25) is 13.9 Å². The summed E-state index contributed by atoms with van der Waals surface area (Å²) < 4.78 is 23.8. The van der Waals surface area contributed by atoms with E-state index in [-0.39, 0.29) is 29.9 Å². The molecular formula is C27H37N2O8P. The number of hydrogen-bond donors (Lipinski definition) is 4. The Morgan fingerprint density at radius 2 is 1.66 bits per heavy atom. The first-order valence-electron chi connectivity index (χ1n) is 12.2. The normalized spacial score (nSPS) is 14.7. The first kappa shape index (κ1) is 31.0. The van der Waals surface area contributed by atoms with Gasteiger partial charge in [0.05, 0.1) is 0 Å². The Bertz CT molecular complexity index is 1180. The maximum Gasteiger partial charge on any atom is 0.408 e. The second-order valence-corrected chi connectivity index (χ2v) is 12.5. The molecular weight excluding hydrogens is 511 g/mol. The van der Waals surface area contributed by atoms with Crippen LogP contribution in [0, 0.1) is 18.3 Å². The number of carboxylic acid groups (broad SMARTS) is 1. The lowest BCUT2D eigenvalue weighted by molar-refractivity contribution is -0.145. The van der Waals surface area contributed by atoms with E-state index in [4.69, 9.17) is 9.26 Å². The number of amides is 2. The number of carbonyl (C=O) groups excluding carboxylic acids is 2. The zero-order valence-electron chi connectivity index (χ0n) is 22.6. The molecule has 0 aliphatic carbocycles. The number of rotatable bonds is 11. The molecule has 4 N–H and O–H groups in total. The van der Waals surface area contributed by atoms with Crippen LogP contribution in [0.5, 0.6) is 0 Å². The summed E-state index contributed by atoms with van der Waals surface area (Å²) in [4.78, 5) is 47.8. The Labute approximate surface area is 223 Å². The number of hydrogen-bond acceptors (Lipinski definition) is 6. The number of anilines is 1. The van der Waals surface area contributed by atoms with Gasteiger partial charge in [0.15, 0.2) is 6.10 Å². The molecule has 0 aliphatic heterocycles. The van der Waals surface area contributed by atoms with Gasteiger partial charge in [-0.1, -0.05) is 77.1 Å². The van der Waals surface area contributed by atoms with Crippen molar-refractivity contribution >= 4 is 31.3 Å². The van der Waals surface area contributed by atoms with Gasteiger partial charge in [-0.2, -0.15) is 0 Å².